The van der Waals surface area contributed by atoms with Gasteiger partial charge < -0.3 is 14.5 Å². The average Bonchev–Trinajstić information content (AvgIpc) is 3.21. The van der Waals surface area contributed by atoms with Crippen molar-refractivity contribution in [3.63, 3.8) is 0 Å². The maximum absolute atomic E-state index is 12.1. The molecule has 0 aliphatic rings. The van der Waals surface area contributed by atoms with Crippen LogP contribution >= 0.6 is 11.3 Å². The Morgan fingerprint density at radius 2 is 2.09 bits per heavy atom. The third-order valence-corrected chi connectivity index (χ3v) is 4.17. The molecule has 0 unspecified atom stereocenters. The maximum atomic E-state index is 12.1. The van der Waals surface area contributed by atoms with Crippen molar-refractivity contribution in [1.29, 1.82) is 0 Å². The number of nitrogens with one attached hydrogen (secondary N) is 1. The molecule has 0 saturated heterocycles. The van der Waals surface area contributed by atoms with Crippen LogP contribution in [0.15, 0.2) is 52.3 Å². The van der Waals surface area contributed by atoms with Crippen molar-refractivity contribution in [2.45, 2.75) is 19.6 Å². The van der Waals surface area contributed by atoms with Crippen LogP contribution in [0.4, 0.5) is 0 Å². The number of esters is 1. The highest BCUT2D eigenvalue weighted by molar-refractivity contribution is 7.09. The molecule has 3 rings (SSSR count). The first-order valence-corrected chi connectivity index (χ1v) is 8.01. The molecule has 2 heterocycles. The van der Waals surface area contributed by atoms with E-state index in [1.807, 2.05) is 35.7 Å². The van der Waals surface area contributed by atoms with Gasteiger partial charge in [0.2, 0.25) is 5.76 Å². The number of benzene rings is 1. The van der Waals surface area contributed by atoms with Gasteiger partial charge in [-0.05, 0) is 30.5 Å². The Kier molecular flexibility index (Phi) is 4.43. The number of ether oxygens (including phenoxy) is 1. The first-order chi connectivity index (χ1) is 11.1. The normalized spacial score (nSPS) is 12.0. The molecule has 23 heavy (non-hydrogen) atoms. The van der Waals surface area contributed by atoms with E-state index in [-0.39, 0.29) is 11.7 Å². The zero-order chi connectivity index (χ0) is 16.2. The highest BCUT2D eigenvalue weighted by Crippen LogP contribution is 2.19. The third-order valence-electron chi connectivity index (χ3n) is 3.30. The van der Waals surface area contributed by atoms with Crippen LogP contribution in [-0.4, -0.2) is 18.0 Å². The van der Waals surface area contributed by atoms with Gasteiger partial charge in [-0.15, -0.1) is 11.3 Å². The smallest absolute Gasteiger partial charge is 0.375 e. The van der Waals surface area contributed by atoms with E-state index < -0.39 is 12.1 Å². The molecule has 1 aromatic carbocycles. The van der Waals surface area contributed by atoms with Crippen LogP contribution in [0.5, 0.6) is 0 Å². The molecule has 0 radical (unpaired) electrons. The largest absolute Gasteiger partial charge is 0.449 e. The van der Waals surface area contributed by atoms with Gasteiger partial charge in [0.25, 0.3) is 5.91 Å². The fourth-order valence-electron chi connectivity index (χ4n) is 2.09. The van der Waals surface area contributed by atoms with Crippen LogP contribution in [0.25, 0.3) is 11.0 Å². The van der Waals surface area contributed by atoms with Crippen molar-refractivity contribution < 1.29 is 18.7 Å². The number of hydrogen-bond donors (Lipinski definition) is 1. The number of thiophene rings is 1. The zero-order valence-corrected chi connectivity index (χ0v) is 13.3. The van der Waals surface area contributed by atoms with Crippen molar-refractivity contribution in [2.24, 2.45) is 0 Å². The Hall–Kier alpha value is -2.60. The first kappa shape index (κ1) is 15.3. The van der Waals surface area contributed by atoms with E-state index in [4.69, 9.17) is 9.15 Å². The average molecular weight is 329 g/mol. The minimum atomic E-state index is -0.893. The Labute approximate surface area is 136 Å². The number of para-hydroxylation sites is 1. The molecule has 118 valence electrons. The second-order valence-corrected chi connectivity index (χ2v) is 6.03. The molecule has 6 heteroatoms. The van der Waals surface area contributed by atoms with Gasteiger partial charge >= 0.3 is 5.97 Å². The maximum Gasteiger partial charge on any atom is 0.375 e. The zero-order valence-electron chi connectivity index (χ0n) is 12.4. The number of rotatable bonds is 5. The Bertz CT molecular complexity index is 789. The standard InChI is InChI=1S/C17H15NO4S/c1-11(16(19)18-10-13-6-4-8-23-13)21-17(20)15-9-12-5-2-3-7-14(12)22-15/h2-9,11H,10H2,1H3,(H,18,19)/t11-/m1/s1. The van der Waals surface area contributed by atoms with E-state index in [1.165, 1.54) is 6.92 Å². The van der Waals surface area contributed by atoms with Crippen LogP contribution in [0.1, 0.15) is 22.4 Å². The third kappa shape index (κ3) is 3.60. The quantitative estimate of drug-likeness (QED) is 0.729. The Morgan fingerprint density at radius 3 is 2.83 bits per heavy atom. The molecule has 5 nitrogen and oxygen atoms in total. The minimum Gasteiger partial charge on any atom is -0.449 e. The number of carbonyl (C=O) groups is 2. The molecule has 1 amide bonds. The van der Waals surface area contributed by atoms with Crippen molar-refractivity contribution >= 4 is 34.2 Å². The number of fused-ring (bicyclic) bond motifs is 1. The second-order valence-electron chi connectivity index (χ2n) is 4.99. The molecule has 0 spiro atoms. The van der Waals surface area contributed by atoms with E-state index in [0.29, 0.717) is 12.1 Å². The summed E-state index contributed by atoms with van der Waals surface area (Å²) in [4.78, 5) is 25.1. The molecule has 0 bridgehead atoms. The van der Waals surface area contributed by atoms with E-state index >= 15 is 0 Å². The molecule has 0 saturated carbocycles. The second kappa shape index (κ2) is 6.66. The lowest BCUT2D eigenvalue weighted by Gasteiger charge is -2.12. The van der Waals surface area contributed by atoms with Crippen LogP contribution < -0.4 is 5.32 Å². The summed E-state index contributed by atoms with van der Waals surface area (Å²) in [5, 5.41) is 5.48. The molecule has 1 atom stereocenters. The highest BCUT2D eigenvalue weighted by atomic mass is 32.1. The molecule has 3 aromatic rings. The monoisotopic (exact) mass is 329 g/mol. The summed E-state index contributed by atoms with van der Waals surface area (Å²) in [5.41, 5.74) is 0.606. The number of carbonyl (C=O) groups excluding carboxylic acids is 2. The van der Waals surface area contributed by atoms with E-state index in [0.717, 1.165) is 10.3 Å². The van der Waals surface area contributed by atoms with Gasteiger partial charge in [-0.3, -0.25) is 4.79 Å². The fraction of sp³-hybridized carbons (Fsp3) is 0.176. The summed E-state index contributed by atoms with van der Waals surface area (Å²) in [6, 6.07) is 12.7. The van der Waals surface area contributed by atoms with Gasteiger partial charge in [0.1, 0.15) is 5.58 Å². The van der Waals surface area contributed by atoms with Crippen LogP contribution in [0.3, 0.4) is 0 Å². The topological polar surface area (TPSA) is 68.5 Å². The highest BCUT2D eigenvalue weighted by Gasteiger charge is 2.21. The summed E-state index contributed by atoms with van der Waals surface area (Å²) in [6.45, 7) is 1.95. The lowest BCUT2D eigenvalue weighted by Crippen LogP contribution is -2.35. The SMILES string of the molecule is C[C@@H](OC(=O)c1cc2ccccc2o1)C(=O)NCc1cccs1. The first-order valence-electron chi connectivity index (χ1n) is 7.13. The van der Waals surface area contributed by atoms with E-state index in [2.05, 4.69) is 5.32 Å². The molecule has 0 aliphatic carbocycles. The Balaban J connectivity index is 1.58. The minimum absolute atomic E-state index is 0.0871. The van der Waals surface area contributed by atoms with E-state index in [9.17, 15) is 9.59 Å². The predicted octanol–water partition coefficient (Wildman–Crippen LogP) is 3.36. The van der Waals surface area contributed by atoms with Crippen LogP contribution in [0, 0.1) is 0 Å². The van der Waals surface area contributed by atoms with Crippen molar-refractivity contribution in [2.75, 3.05) is 0 Å². The Morgan fingerprint density at radius 1 is 1.26 bits per heavy atom. The molecular formula is C17H15NO4S. The lowest BCUT2D eigenvalue weighted by atomic mass is 10.2. The molecule has 0 fully saturated rings. The lowest BCUT2D eigenvalue weighted by molar-refractivity contribution is -0.129. The van der Waals surface area contributed by atoms with E-state index in [1.54, 1.807) is 23.5 Å². The van der Waals surface area contributed by atoms with Crippen LogP contribution in [-0.2, 0) is 16.1 Å². The van der Waals surface area contributed by atoms with Crippen LogP contribution in [0.2, 0.25) is 0 Å². The van der Waals surface area contributed by atoms with Crippen molar-refractivity contribution in [3.8, 4) is 0 Å². The molecule has 1 N–H and O–H groups in total. The summed E-state index contributed by atoms with van der Waals surface area (Å²) in [5.74, 6) is -0.910. The summed E-state index contributed by atoms with van der Waals surface area (Å²) < 4.78 is 10.6. The summed E-state index contributed by atoms with van der Waals surface area (Å²) >= 11 is 1.55. The predicted molar refractivity (Wildman–Crippen MR) is 87.3 cm³/mol. The fourth-order valence-corrected chi connectivity index (χ4v) is 2.73. The molecule has 2 aromatic heterocycles. The van der Waals surface area contributed by atoms with Gasteiger partial charge in [0, 0.05) is 10.3 Å². The van der Waals surface area contributed by atoms with Gasteiger partial charge in [-0.1, -0.05) is 24.3 Å². The summed E-state index contributed by atoms with van der Waals surface area (Å²) in [7, 11) is 0. The summed E-state index contributed by atoms with van der Waals surface area (Å²) in [6.07, 6.45) is -0.893. The number of amides is 1. The van der Waals surface area contributed by atoms with Gasteiger partial charge in [0.05, 0.1) is 6.54 Å². The number of hydrogen-bond acceptors (Lipinski definition) is 5. The van der Waals surface area contributed by atoms with Crippen molar-refractivity contribution in [1.82, 2.24) is 5.32 Å². The molecule has 0 aliphatic heterocycles. The number of furan rings is 1. The van der Waals surface area contributed by atoms with Gasteiger partial charge in [0.15, 0.2) is 6.10 Å². The van der Waals surface area contributed by atoms with Crippen molar-refractivity contribution in [3.05, 3.63) is 58.5 Å². The van der Waals surface area contributed by atoms with Gasteiger partial charge in [-0.2, -0.15) is 0 Å². The van der Waals surface area contributed by atoms with Gasteiger partial charge in [-0.25, -0.2) is 4.79 Å². The molecular weight excluding hydrogens is 314 g/mol.